The van der Waals surface area contributed by atoms with Gasteiger partial charge in [-0.2, -0.15) is 0 Å². The molecular weight excluding hydrogens is 316 g/mol. The van der Waals surface area contributed by atoms with Crippen molar-refractivity contribution < 1.29 is 5.11 Å². The summed E-state index contributed by atoms with van der Waals surface area (Å²) in [4.78, 5) is 10.3. The molecule has 5 nitrogen and oxygen atoms in total. The van der Waals surface area contributed by atoms with E-state index in [0.717, 1.165) is 15.3 Å². The highest BCUT2D eigenvalue weighted by Crippen LogP contribution is 2.31. The van der Waals surface area contributed by atoms with E-state index in [2.05, 4.69) is 31.2 Å². The third-order valence-electron chi connectivity index (χ3n) is 2.30. The quantitative estimate of drug-likeness (QED) is 0.882. The van der Waals surface area contributed by atoms with Crippen LogP contribution in [0.25, 0.3) is 0 Å². The number of hydrogen-bond donors (Lipinski definition) is 2. The number of nitrogens with zero attached hydrogens (tertiary/aromatic N) is 3. The zero-order valence-electron chi connectivity index (χ0n) is 9.80. The van der Waals surface area contributed by atoms with Gasteiger partial charge in [0.1, 0.15) is 18.0 Å². The lowest BCUT2D eigenvalue weighted by molar-refractivity contribution is 0.311. The van der Waals surface area contributed by atoms with Crippen LogP contribution < -0.4 is 10.2 Å². The Balaban J connectivity index is 2.17. The van der Waals surface area contributed by atoms with Crippen molar-refractivity contribution in [3.05, 3.63) is 28.3 Å². The summed E-state index contributed by atoms with van der Waals surface area (Å²) in [6.45, 7) is 0.553. The van der Waals surface area contributed by atoms with Crippen LogP contribution in [-0.4, -0.2) is 35.3 Å². The second-order valence-electron chi connectivity index (χ2n) is 3.57. The number of halogens is 1. The molecule has 0 saturated carbocycles. The first kappa shape index (κ1) is 13.3. The van der Waals surface area contributed by atoms with E-state index in [4.69, 9.17) is 5.11 Å². The largest absolute Gasteiger partial charge is 0.395 e. The molecule has 2 heterocycles. The Morgan fingerprint density at radius 1 is 1.44 bits per heavy atom. The second-order valence-corrected chi connectivity index (χ2v) is 5.38. The van der Waals surface area contributed by atoms with E-state index >= 15 is 0 Å². The molecule has 96 valence electrons. The summed E-state index contributed by atoms with van der Waals surface area (Å²) in [7, 11) is 1.95. The Morgan fingerprint density at radius 3 is 2.94 bits per heavy atom. The number of thiophene rings is 1. The molecule has 0 fully saturated rings. The fourth-order valence-electron chi connectivity index (χ4n) is 1.40. The zero-order chi connectivity index (χ0) is 13.0. The molecule has 0 amide bonds. The maximum atomic E-state index is 8.77. The Labute approximate surface area is 118 Å². The number of anilines is 3. The zero-order valence-corrected chi connectivity index (χ0v) is 12.2. The SMILES string of the molecule is CN(c1cc(NCCO)ncn1)c1cc(Br)cs1. The highest BCUT2D eigenvalue weighted by atomic mass is 79.9. The molecule has 0 bridgehead atoms. The maximum absolute atomic E-state index is 8.77. The van der Waals surface area contributed by atoms with Crippen LogP contribution in [0.4, 0.5) is 16.6 Å². The van der Waals surface area contributed by atoms with Crippen LogP contribution in [0.15, 0.2) is 28.3 Å². The molecule has 0 radical (unpaired) electrons. The smallest absolute Gasteiger partial charge is 0.138 e. The van der Waals surface area contributed by atoms with Gasteiger partial charge in [0.25, 0.3) is 0 Å². The molecule has 2 aromatic heterocycles. The average molecular weight is 329 g/mol. The average Bonchev–Trinajstić information content (AvgIpc) is 2.82. The van der Waals surface area contributed by atoms with Gasteiger partial charge in [-0.1, -0.05) is 0 Å². The van der Waals surface area contributed by atoms with Gasteiger partial charge in [-0.15, -0.1) is 11.3 Å². The summed E-state index contributed by atoms with van der Waals surface area (Å²) in [5.41, 5.74) is 0. The fraction of sp³-hybridized carbons (Fsp3) is 0.273. The topological polar surface area (TPSA) is 61.3 Å². The molecule has 0 unspecified atom stereocenters. The van der Waals surface area contributed by atoms with Crippen molar-refractivity contribution >= 4 is 43.9 Å². The molecular formula is C11H13BrN4OS. The summed E-state index contributed by atoms with van der Waals surface area (Å²) in [6, 6.07) is 3.89. The Hall–Kier alpha value is -1.18. The first-order valence-corrected chi connectivity index (χ1v) is 7.02. The summed E-state index contributed by atoms with van der Waals surface area (Å²) in [5.74, 6) is 1.51. The van der Waals surface area contributed by atoms with Crippen molar-refractivity contribution in [3.63, 3.8) is 0 Å². The second kappa shape index (κ2) is 6.12. The minimum absolute atomic E-state index is 0.0764. The molecule has 0 saturated heterocycles. The van der Waals surface area contributed by atoms with Gasteiger partial charge in [0.05, 0.1) is 11.6 Å². The van der Waals surface area contributed by atoms with Crippen LogP contribution in [0.3, 0.4) is 0 Å². The van der Waals surface area contributed by atoms with Crippen molar-refractivity contribution in [2.45, 2.75) is 0 Å². The number of aliphatic hydroxyl groups excluding tert-OH is 1. The van der Waals surface area contributed by atoms with Gasteiger partial charge in [0.15, 0.2) is 0 Å². The predicted octanol–water partition coefficient (Wildman–Crippen LogP) is 2.47. The van der Waals surface area contributed by atoms with Crippen LogP contribution in [-0.2, 0) is 0 Å². The Morgan fingerprint density at radius 2 is 2.28 bits per heavy atom. The van der Waals surface area contributed by atoms with Crippen LogP contribution in [0.2, 0.25) is 0 Å². The third kappa shape index (κ3) is 3.18. The molecule has 2 aromatic rings. The summed E-state index contributed by atoms with van der Waals surface area (Å²) >= 11 is 5.07. The van der Waals surface area contributed by atoms with Crippen molar-refractivity contribution in [3.8, 4) is 0 Å². The van der Waals surface area contributed by atoms with Gasteiger partial charge in [-0.05, 0) is 22.0 Å². The lowest BCUT2D eigenvalue weighted by Gasteiger charge is -2.16. The van der Waals surface area contributed by atoms with Crippen LogP contribution in [0, 0.1) is 0 Å². The monoisotopic (exact) mass is 328 g/mol. The van der Waals surface area contributed by atoms with Gasteiger partial charge in [0.2, 0.25) is 0 Å². The lowest BCUT2D eigenvalue weighted by atomic mass is 10.4. The number of hydrogen-bond acceptors (Lipinski definition) is 6. The molecule has 2 N–H and O–H groups in total. The van der Waals surface area contributed by atoms with E-state index in [1.165, 1.54) is 6.33 Å². The van der Waals surface area contributed by atoms with E-state index in [0.29, 0.717) is 12.4 Å². The minimum Gasteiger partial charge on any atom is -0.395 e. The fourth-order valence-corrected chi connectivity index (χ4v) is 2.80. The van der Waals surface area contributed by atoms with E-state index in [1.54, 1.807) is 11.3 Å². The maximum Gasteiger partial charge on any atom is 0.138 e. The molecule has 0 aromatic carbocycles. The first-order chi connectivity index (χ1) is 8.70. The predicted molar refractivity (Wildman–Crippen MR) is 77.7 cm³/mol. The Kier molecular flexibility index (Phi) is 4.51. The first-order valence-electron chi connectivity index (χ1n) is 5.35. The highest BCUT2D eigenvalue weighted by molar-refractivity contribution is 9.10. The minimum atomic E-state index is 0.0764. The molecule has 0 spiro atoms. The lowest BCUT2D eigenvalue weighted by Crippen LogP contribution is -2.12. The molecule has 2 rings (SSSR count). The van der Waals surface area contributed by atoms with Crippen LogP contribution in [0.1, 0.15) is 0 Å². The number of aliphatic hydroxyl groups is 1. The van der Waals surface area contributed by atoms with E-state index in [1.807, 2.05) is 29.5 Å². The molecule has 18 heavy (non-hydrogen) atoms. The highest BCUT2D eigenvalue weighted by Gasteiger charge is 2.08. The van der Waals surface area contributed by atoms with E-state index in [9.17, 15) is 0 Å². The number of aromatic nitrogens is 2. The molecule has 0 atom stereocenters. The summed E-state index contributed by atoms with van der Waals surface area (Å²) < 4.78 is 1.06. The molecule has 0 aliphatic carbocycles. The van der Waals surface area contributed by atoms with Crippen molar-refractivity contribution in [2.75, 3.05) is 30.4 Å². The number of nitrogens with one attached hydrogen (secondary N) is 1. The van der Waals surface area contributed by atoms with Gasteiger partial charge < -0.3 is 15.3 Å². The molecule has 0 aliphatic heterocycles. The van der Waals surface area contributed by atoms with Gasteiger partial charge in [-0.3, -0.25) is 0 Å². The Bertz CT molecular complexity index is 519. The van der Waals surface area contributed by atoms with Gasteiger partial charge >= 0.3 is 0 Å². The van der Waals surface area contributed by atoms with Crippen LogP contribution >= 0.6 is 27.3 Å². The normalized spacial score (nSPS) is 10.4. The van der Waals surface area contributed by atoms with E-state index < -0.39 is 0 Å². The third-order valence-corrected chi connectivity index (χ3v) is 4.06. The summed E-state index contributed by atoms with van der Waals surface area (Å²) in [5, 5.41) is 14.9. The van der Waals surface area contributed by atoms with Gasteiger partial charge in [-0.25, -0.2) is 9.97 Å². The molecule has 7 heteroatoms. The summed E-state index contributed by atoms with van der Waals surface area (Å²) in [6.07, 6.45) is 1.51. The standard InChI is InChI=1S/C11H13BrN4OS/c1-16(11-4-8(12)6-18-11)10-5-9(13-2-3-17)14-7-15-10/h4-7,17H,2-3H2,1H3,(H,13,14,15). The number of rotatable bonds is 5. The molecule has 0 aliphatic rings. The van der Waals surface area contributed by atoms with Crippen molar-refractivity contribution in [1.29, 1.82) is 0 Å². The van der Waals surface area contributed by atoms with Gasteiger partial charge in [0, 0.05) is 29.5 Å². The van der Waals surface area contributed by atoms with Crippen molar-refractivity contribution in [2.24, 2.45) is 0 Å². The van der Waals surface area contributed by atoms with Crippen molar-refractivity contribution in [1.82, 2.24) is 9.97 Å². The van der Waals surface area contributed by atoms with E-state index in [-0.39, 0.29) is 6.61 Å². The van der Waals surface area contributed by atoms with Crippen LogP contribution in [0.5, 0.6) is 0 Å².